The Labute approximate surface area is 161 Å². The Balaban J connectivity index is 1.90. The molecule has 0 bridgehead atoms. The van der Waals surface area contributed by atoms with E-state index in [2.05, 4.69) is 18.8 Å². The van der Waals surface area contributed by atoms with Crippen molar-refractivity contribution in [1.29, 1.82) is 0 Å². The van der Waals surface area contributed by atoms with Crippen LogP contribution < -0.4 is 5.56 Å². The van der Waals surface area contributed by atoms with Crippen molar-refractivity contribution in [3.05, 3.63) is 27.1 Å². The lowest BCUT2D eigenvalue weighted by atomic mass is 10.2. The summed E-state index contributed by atoms with van der Waals surface area (Å²) in [7, 11) is 0. The lowest BCUT2D eigenvalue weighted by Gasteiger charge is -2.24. The van der Waals surface area contributed by atoms with Crippen LogP contribution in [-0.2, 0) is 16.1 Å². The minimum absolute atomic E-state index is 0.0327. The molecule has 7 nitrogen and oxygen atoms in total. The quantitative estimate of drug-likeness (QED) is 0.678. The molecule has 0 aliphatic heterocycles. The van der Waals surface area contributed by atoms with Crippen LogP contribution in [0, 0.1) is 12.8 Å². The van der Waals surface area contributed by atoms with Crippen LogP contribution in [-0.4, -0.2) is 45.5 Å². The highest BCUT2D eigenvalue weighted by Crippen LogP contribution is 2.29. The number of ether oxygens (including phenoxy) is 1. The van der Waals surface area contributed by atoms with E-state index >= 15 is 0 Å². The number of fused-ring (bicyclic) bond motifs is 1. The smallest absolute Gasteiger partial charge is 0.348 e. The van der Waals surface area contributed by atoms with Crippen LogP contribution in [0.15, 0.2) is 11.1 Å². The maximum atomic E-state index is 12.9. The van der Waals surface area contributed by atoms with Crippen LogP contribution >= 0.6 is 11.3 Å². The third-order valence-corrected chi connectivity index (χ3v) is 5.73. The van der Waals surface area contributed by atoms with E-state index in [9.17, 15) is 14.4 Å². The predicted octanol–water partition coefficient (Wildman–Crippen LogP) is 2.59. The molecule has 2 heterocycles. The second-order valence-corrected chi connectivity index (χ2v) is 8.30. The van der Waals surface area contributed by atoms with Gasteiger partial charge in [-0.1, -0.05) is 13.8 Å². The van der Waals surface area contributed by atoms with Gasteiger partial charge in [-0.15, -0.1) is 11.3 Å². The molecule has 0 N–H and O–H groups in total. The van der Waals surface area contributed by atoms with E-state index < -0.39 is 5.97 Å². The second-order valence-electron chi connectivity index (χ2n) is 7.31. The zero-order chi connectivity index (χ0) is 19.7. The number of esters is 1. The fraction of sp³-hybridized carbons (Fsp3) is 0.579. The van der Waals surface area contributed by atoms with E-state index in [1.54, 1.807) is 13.8 Å². The first kappa shape index (κ1) is 19.5. The minimum atomic E-state index is -0.447. The number of amides is 1. The molecular weight excluding hydrogens is 366 g/mol. The van der Waals surface area contributed by atoms with Gasteiger partial charge < -0.3 is 9.64 Å². The van der Waals surface area contributed by atoms with Crippen molar-refractivity contribution < 1.29 is 14.3 Å². The maximum Gasteiger partial charge on any atom is 0.348 e. The fourth-order valence-electron chi connectivity index (χ4n) is 3.13. The fourth-order valence-corrected chi connectivity index (χ4v) is 4.17. The van der Waals surface area contributed by atoms with Crippen molar-refractivity contribution in [2.45, 2.75) is 53.1 Å². The third kappa shape index (κ3) is 4.05. The highest BCUT2D eigenvalue weighted by molar-refractivity contribution is 7.20. The molecule has 1 amide bonds. The minimum Gasteiger partial charge on any atom is -0.462 e. The first-order valence-corrected chi connectivity index (χ1v) is 10.1. The van der Waals surface area contributed by atoms with Crippen LogP contribution in [0.3, 0.4) is 0 Å². The van der Waals surface area contributed by atoms with E-state index in [0.29, 0.717) is 39.2 Å². The van der Waals surface area contributed by atoms with Gasteiger partial charge in [0.25, 0.3) is 5.56 Å². The van der Waals surface area contributed by atoms with Gasteiger partial charge in [-0.25, -0.2) is 9.78 Å². The molecule has 27 heavy (non-hydrogen) atoms. The highest BCUT2D eigenvalue weighted by atomic mass is 32.1. The molecule has 0 saturated heterocycles. The molecule has 0 atom stereocenters. The van der Waals surface area contributed by atoms with Gasteiger partial charge in [0.2, 0.25) is 5.91 Å². The molecule has 146 valence electrons. The Morgan fingerprint density at radius 2 is 2.11 bits per heavy atom. The summed E-state index contributed by atoms with van der Waals surface area (Å²) in [5.41, 5.74) is 0.270. The number of nitrogens with zero attached hydrogens (tertiary/aromatic N) is 3. The molecule has 1 aliphatic rings. The summed E-state index contributed by atoms with van der Waals surface area (Å²) in [5.74, 6) is -0.136. The Bertz CT molecular complexity index is 927. The Morgan fingerprint density at radius 3 is 2.70 bits per heavy atom. The van der Waals surface area contributed by atoms with Gasteiger partial charge in [-0.05, 0) is 38.2 Å². The van der Waals surface area contributed by atoms with Gasteiger partial charge in [0.15, 0.2) is 0 Å². The highest BCUT2D eigenvalue weighted by Gasteiger charge is 2.33. The molecule has 1 fully saturated rings. The summed E-state index contributed by atoms with van der Waals surface area (Å²) < 4.78 is 6.39. The average Bonchev–Trinajstić information content (AvgIpc) is 3.38. The molecule has 1 saturated carbocycles. The van der Waals surface area contributed by atoms with Gasteiger partial charge in [0.05, 0.1) is 18.3 Å². The maximum absolute atomic E-state index is 12.9. The van der Waals surface area contributed by atoms with Gasteiger partial charge in [-0.3, -0.25) is 14.2 Å². The van der Waals surface area contributed by atoms with Crippen molar-refractivity contribution >= 4 is 33.4 Å². The number of hydrogen-bond donors (Lipinski definition) is 0. The number of aryl methyl sites for hydroxylation is 1. The van der Waals surface area contributed by atoms with Crippen LogP contribution in [0.5, 0.6) is 0 Å². The molecule has 0 radical (unpaired) electrons. The van der Waals surface area contributed by atoms with E-state index in [4.69, 9.17) is 4.74 Å². The van der Waals surface area contributed by atoms with Crippen LogP contribution in [0.25, 0.3) is 10.2 Å². The number of thiophene rings is 1. The lowest BCUT2D eigenvalue weighted by molar-refractivity contribution is -0.133. The molecule has 8 heteroatoms. The number of hydrogen-bond acceptors (Lipinski definition) is 6. The Morgan fingerprint density at radius 1 is 1.41 bits per heavy atom. The predicted molar refractivity (Wildman–Crippen MR) is 104 cm³/mol. The average molecular weight is 391 g/mol. The van der Waals surface area contributed by atoms with Gasteiger partial charge in [0, 0.05) is 12.6 Å². The monoisotopic (exact) mass is 391 g/mol. The summed E-state index contributed by atoms with van der Waals surface area (Å²) in [6.45, 7) is 8.54. The van der Waals surface area contributed by atoms with Crippen molar-refractivity contribution in [1.82, 2.24) is 14.5 Å². The van der Waals surface area contributed by atoms with Crippen LogP contribution in [0.1, 0.15) is 48.8 Å². The van der Waals surface area contributed by atoms with Gasteiger partial charge in [0.1, 0.15) is 16.3 Å². The largest absolute Gasteiger partial charge is 0.462 e. The van der Waals surface area contributed by atoms with E-state index in [-0.39, 0.29) is 24.6 Å². The normalized spacial score (nSPS) is 14.0. The first-order valence-electron chi connectivity index (χ1n) is 9.28. The number of carbonyl (C=O) groups excluding carboxylic acids is 2. The Hall–Kier alpha value is -2.22. The number of carbonyl (C=O) groups is 2. The summed E-state index contributed by atoms with van der Waals surface area (Å²) in [4.78, 5) is 44.8. The van der Waals surface area contributed by atoms with Crippen LogP contribution in [0.2, 0.25) is 0 Å². The van der Waals surface area contributed by atoms with Gasteiger partial charge in [-0.2, -0.15) is 0 Å². The van der Waals surface area contributed by atoms with E-state index in [1.165, 1.54) is 10.9 Å². The number of rotatable bonds is 7. The summed E-state index contributed by atoms with van der Waals surface area (Å²) in [6, 6.07) is 0.297. The molecule has 0 spiro atoms. The summed E-state index contributed by atoms with van der Waals surface area (Å²) in [5, 5.41) is 0.389. The van der Waals surface area contributed by atoms with Crippen molar-refractivity contribution in [2.24, 2.45) is 5.92 Å². The first-order chi connectivity index (χ1) is 12.8. The SMILES string of the molecule is CCOC(=O)c1sc2ncn(CC(=O)N(CC(C)C)C3CC3)c(=O)c2c1C. The summed E-state index contributed by atoms with van der Waals surface area (Å²) >= 11 is 1.15. The molecule has 2 aromatic rings. The third-order valence-electron chi connectivity index (χ3n) is 4.55. The van der Waals surface area contributed by atoms with E-state index in [0.717, 1.165) is 24.2 Å². The van der Waals surface area contributed by atoms with Gasteiger partial charge >= 0.3 is 5.97 Å². The molecule has 1 aliphatic carbocycles. The standard InChI is InChI=1S/C19H25N3O4S/c1-5-26-19(25)16-12(4)15-17(27-16)20-10-21(18(15)24)9-14(23)22(8-11(2)3)13-6-7-13/h10-11,13H,5-9H2,1-4H3. The number of aromatic nitrogens is 2. The molecule has 0 aromatic carbocycles. The molecule has 3 rings (SSSR count). The van der Waals surface area contributed by atoms with Crippen molar-refractivity contribution in [3.63, 3.8) is 0 Å². The van der Waals surface area contributed by atoms with Crippen molar-refractivity contribution in [3.8, 4) is 0 Å². The second kappa shape index (κ2) is 7.80. The zero-order valence-electron chi connectivity index (χ0n) is 16.2. The summed E-state index contributed by atoms with van der Waals surface area (Å²) in [6.07, 6.45) is 3.45. The lowest BCUT2D eigenvalue weighted by Crippen LogP contribution is -2.40. The van der Waals surface area contributed by atoms with Crippen LogP contribution in [0.4, 0.5) is 0 Å². The zero-order valence-corrected chi connectivity index (χ0v) is 17.0. The van der Waals surface area contributed by atoms with E-state index in [1.807, 2.05) is 4.90 Å². The van der Waals surface area contributed by atoms with Crippen molar-refractivity contribution in [2.75, 3.05) is 13.2 Å². The topological polar surface area (TPSA) is 81.5 Å². The Kier molecular flexibility index (Phi) is 5.64. The molecular formula is C19H25N3O4S. The molecule has 2 aromatic heterocycles. The molecule has 0 unspecified atom stereocenters.